The Bertz CT molecular complexity index is 356. The normalized spacial score (nSPS) is 17.8. The molecule has 0 amide bonds. The Morgan fingerprint density at radius 2 is 2.06 bits per heavy atom. The van der Waals surface area contributed by atoms with Crippen molar-refractivity contribution in [3.63, 3.8) is 0 Å². The molecular weight excluding hydrogens is 200 g/mol. The molecule has 2 rings (SSSR count). The van der Waals surface area contributed by atoms with Crippen LogP contribution >= 0.6 is 0 Å². The lowest BCUT2D eigenvalue weighted by molar-refractivity contribution is 0.497. The second kappa shape index (κ2) is 4.78. The van der Waals surface area contributed by atoms with Gasteiger partial charge in [-0.25, -0.2) is 9.97 Å². The SMILES string of the molecule is CCc1c(C)ncnc1N1CCC(N)CC1. The first kappa shape index (κ1) is 11.3. The molecule has 1 saturated heterocycles. The molecule has 0 atom stereocenters. The number of rotatable bonds is 2. The zero-order valence-corrected chi connectivity index (χ0v) is 10.1. The van der Waals surface area contributed by atoms with Crippen LogP contribution in [0.3, 0.4) is 0 Å². The van der Waals surface area contributed by atoms with Gasteiger partial charge >= 0.3 is 0 Å². The van der Waals surface area contributed by atoms with Crippen LogP contribution < -0.4 is 10.6 Å². The van der Waals surface area contributed by atoms with Crippen molar-refractivity contribution in [2.75, 3.05) is 18.0 Å². The zero-order chi connectivity index (χ0) is 11.5. The second-order valence-electron chi connectivity index (χ2n) is 4.44. The molecule has 1 aliphatic rings. The Morgan fingerprint density at radius 1 is 1.38 bits per heavy atom. The molecule has 16 heavy (non-hydrogen) atoms. The van der Waals surface area contributed by atoms with Crippen LogP contribution in [-0.4, -0.2) is 29.1 Å². The lowest BCUT2D eigenvalue weighted by Gasteiger charge is -2.32. The van der Waals surface area contributed by atoms with E-state index < -0.39 is 0 Å². The fraction of sp³-hybridized carbons (Fsp3) is 0.667. The maximum Gasteiger partial charge on any atom is 0.135 e. The van der Waals surface area contributed by atoms with Crippen molar-refractivity contribution in [3.8, 4) is 0 Å². The second-order valence-corrected chi connectivity index (χ2v) is 4.44. The van der Waals surface area contributed by atoms with Gasteiger partial charge in [0.2, 0.25) is 0 Å². The van der Waals surface area contributed by atoms with Gasteiger partial charge in [0.1, 0.15) is 12.1 Å². The van der Waals surface area contributed by atoms with Gasteiger partial charge < -0.3 is 10.6 Å². The third-order valence-corrected chi connectivity index (χ3v) is 3.33. The van der Waals surface area contributed by atoms with E-state index >= 15 is 0 Å². The molecule has 0 bridgehead atoms. The first-order chi connectivity index (χ1) is 7.72. The van der Waals surface area contributed by atoms with Crippen LogP contribution in [0.25, 0.3) is 0 Å². The Morgan fingerprint density at radius 3 is 2.69 bits per heavy atom. The van der Waals surface area contributed by atoms with E-state index in [0.29, 0.717) is 6.04 Å². The Balaban J connectivity index is 2.23. The molecule has 88 valence electrons. The molecule has 1 aromatic heterocycles. The molecule has 0 radical (unpaired) electrons. The smallest absolute Gasteiger partial charge is 0.135 e. The summed E-state index contributed by atoms with van der Waals surface area (Å²) < 4.78 is 0. The van der Waals surface area contributed by atoms with Crippen molar-refractivity contribution >= 4 is 5.82 Å². The zero-order valence-electron chi connectivity index (χ0n) is 10.1. The van der Waals surface area contributed by atoms with Crippen LogP contribution in [-0.2, 0) is 6.42 Å². The van der Waals surface area contributed by atoms with Gasteiger partial charge in [-0.1, -0.05) is 6.92 Å². The van der Waals surface area contributed by atoms with Gasteiger partial charge in [-0.05, 0) is 26.2 Å². The highest BCUT2D eigenvalue weighted by atomic mass is 15.2. The van der Waals surface area contributed by atoms with Gasteiger partial charge in [0.25, 0.3) is 0 Å². The van der Waals surface area contributed by atoms with Crippen LogP contribution in [0.4, 0.5) is 5.82 Å². The van der Waals surface area contributed by atoms with E-state index in [-0.39, 0.29) is 0 Å². The lowest BCUT2D eigenvalue weighted by Crippen LogP contribution is -2.40. The molecule has 4 nitrogen and oxygen atoms in total. The maximum absolute atomic E-state index is 5.92. The highest BCUT2D eigenvalue weighted by Gasteiger charge is 2.19. The fourth-order valence-electron chi connectivity index (χ4n) is 2.29. The first-order valence-corrected chi connectivity index (χ1v) is 6.03. The van der Waals surface area contributed by atoms with E-state index in [0.717, 1.165) is 43.9 Å². The van der Waals surface area contributed by atoms with Crippen molar-refractivity contribution < 1.29 is 0 Å². The van der Waals surface area contributed by atoms with Gasteiger partial charge in [-0.2, -0.15) is 0 Å². The molecule has 4 heteroatoms. The van der Waals surface area contributed by atoms with Crippen LogP contribution in [0.5, 0.6) is 0 Å². The lowest BCUT2D eigenvalue weighted by atomic mass is 10.0. The molecule has 0 saturated carbocycles. The molecule has 0 aliphatic carbocycles. The topological polar surface area (TPSA) is 55.0 Å². The number of anilines is 1. The minimum Gasteiger partial charge on any atom is -0.356 e. The van der Waals surface area contributed by atoms with Crippen molar-refractivity contribution in [2.24, 2.45) is 5.73 Å². The van der Waals surface area contributed by atoms with E-state index in [1.807, 2.05) is 0 Å². The summed E-state index contributed by atoms with van der Waals surface area (Å²) in [6, 6.07) is 0.365. The molecule has 2 heterocycles. The summed E-state index contributed by atoms with van der Waals surface area (Å²) in [5.41, 5.74) is 8.29. The summed E-state index contributed by atoms with van der Waals surface area (Å²) in [6.07, 6.45) is 4.78. The van der Waals surface area contributed by atoms with Crippen LogP contribution in [0.15, 0.2) is 6.33 Å². The number of piperidine rings is 1. The largest absolute Gasteiger partial charge is 0.356 e. The Hall–Kier alpha value is -1.16. The molecule has 1 fully saturated rings. The predicted molar refractivity (Wildman–Crippen MR) is 65.6 cm³/mol. The Labute approximate surface area is 96.9 Å². The standard InChI is InChI=1S/C12H20N4/c1-3-11-9(2)14-8-15-12(11)16-6-4-10(13)5-7-16/h8,10H,3-7,13H2,1-2H3. The first-order valence-electron chi connectivity index (χ1n) is 6.03. The Kier molecular flexibility index (Phi) is 3.39. The van der Waals surface area contributed by atoms with Crippen LogP contribution in [0.1, 0.15) is 31.0 Å². The summed E-state index contributed by atoms with van der Waals surface area (Å²) >= 11 is 0. The van der Waals surface area contributed by atoms with Gasteiger partial charge in [0, 0.05) is 30.4 Å². The van der Waals surface area contributed by atoms with E-state index in [1.165, 1.54) is 5.56 Å². The number of aryl methyl sites for hydroxylation is 1. The fourth-order valence-corrected chi connectivity index (χ4v) is 2.29. The van der Waals surface area contributed by atoms with Crippen molar-refractivity contribution in [1.82, 2.24) is 9.97 Å². The highest BCUT2D eigenvalue weighted by Crippen LogP contribution is 2.23. The van der Waals surface area contributed by atoms with Crippen molar-refractivity contribution in [1.29, 1.82) is 0 Å². The molecule has 0 unspecified atom stereocenters. The quantitative estimate of drug-likeness (QED) is 0.815. The highest BCUT2D eigenvalue weighted by molar-refractivity contribution is 5.48. The van der Waals surface area contributed by atoms with Crippen LogP contribution in [0, 0.1) is 6.92 Å². The van der Waals surface area contributed by atoms with E-state index in [9.17, 15) is 0 Å². The van der Waals surface area contributed by atoms with E-state index in [1.54, 1.807) is 6.33 Å². The van der Waals surface area contributed by atoms with Gasteiger partial charge in [-0.3, -0.25) is 0 Å². The molecule has 0 aromatic carbocycles. The number of aromatic nitrogens is 2. The molecule has 1 aliphatic heterocycles. The molecule has 2 N–H and O–H groups in total. The molecule has 0 spiro atoms. The monoisotopic (exact) mass is 220 g/mol. The third-order valence-electron chi connectivity index (χ3n) is 3.33. The van der Waals surface area contributed by atoms with Crippen molar-refractivity contribution in [2.45, 2.75) is 39.2 Å². The third kappa shape index (κ3) is 2.16. The van der Waals surface area contributed by atoms with Gasteiger partial charge in [-0.15, -0.1) is 0 Å². The summed E-state index contributed by atoms with van der Waals surface area (Å²) in [4.78, 5) is 11.0. The maximum atomic E-state index is 5.92. The number of hydrogen-bond donors (Lipinski definition) is 1. The minimum atomic E-state index is 0.365. The summed E-state index contributed by atoms with van der Waals surface area (Å²) in [5.74, 6) is 1.11. The number of hydrogen-bond acceptors (Lipinski definition) is 4. The summed E-state index contributed by atoms with van der Waals surface area (Å²) in [6.45, 7) is 6.25. The summed E-state index contributed by atoms with van der Waals surface area (Å²) in [7, 11) is 0. The minimum absolute atomic E-state index is 0.365. The van der Waals surface area contributed by atoms with E-state index in [2.05, 4.69) is 28.7 Å². The molecule has 1 aromatic rings. The number of nitrogens with zero attached hydrogens (tertiary/aromatic N) is 3. The van der Waals surface area contributed by atoms with Crippen LogP contribution in [0.2, 0.25) is 0 Å². The van der Waals surface area contributed by atoms with Gasteiger partial charge in [0.05, 0.1) is 0 Å². The average molecular weight is 220 g/mol. The van der Waals surface area contributed by atoms with Crippen molar-refractivity contribution in [3.05, 3.63) is 17.6 Å². The van der Waals surface area contributed by atoms with Gasteiger partial charge in [0.15, 0.2) is 0 Å². The molecular formula is C12H20N4. The average Bonchev–Trinajstić information content (AvgIpc) is 2.30. The van der Waals surface area contributed by atoms with E-state index in [4.69, 9.17) is 5.73 Å². The number of nitrogens with two attached hydrogens (primary N) is 1. The summed E-state index contributed by atoms with van der Waals surface area (Å²) in [5, 5.41) is 0. The predicted octanol–water partition coefficient (Wildman–Crippen LogP) is 1.27.